The Morgan fingerprint density at radius 2 is 1.02 bits per heavy atom. The lowest BCUT2D eigenvalue weighted by molar-refractivity contribution is 0.101. The van der Waals surface area contributed by atoms with Crippen molar-refractivity contribution in [2.75, 3.05) is 10.6 Å². The molecule has 0 unspecified atom stereocenters. The van der Waals surface area contributed by atoms with Crippen molar-refractivity contribution >= 4 is 114 Å². The fourth-order valence-corrected chi connectivity index (χ4v) is 8.14. The van der Waals surface area contributed by atoms with Crippen LogP contribution in [0.2, 0.25) is 17.3 Å². The van der Waals surface area contributed by atoms with Gasteiger partial charge in [-0.15, -0.1) is 45.3 Å². The average Bonchev–Trinajstić information content (AvgIpc) is 3.77. The fraction of sp³-hybridized carbons (Fsp3) is 0. The van der Waals surface area contributed by atoms with Gasteiger partial charge in [0.15, 0.2) is 10.3 Å². The van der Waals surface area contributed by atoms with Gasteiger partial charge in [-0.25, -0.2) is 9.97 Å². The van der Waals surface area contributed by atoms with Crippen LogP contribution < -0.4 is 15.4 Å². The zero-order valence-corrected chi connectivity index (χ0v) is 27.5. The molecule has 2 aromatic carbocycles. The van der Waals surface area contributed by atoms with Gasteiger partial charge < -0.3 is 4.74 Å². The quantitative estimate of drug-likeness (QED) is 0.163. The molecule has 0 aliphatic carbocycles. The summed E-state index contributed by atoms with van der Waals surface area (Å²) >= 11 is 29.6. The first-order valence-electron chi connectivity index (χ1n) is 12.0. The second-order valence-corrected chi connectivity index (χ2v) is 14.9. The summed E-state index contributed by atoms with van der Waals surface area (Å²) in [5.41, 5.74) is 3.60. The summed E-state index contributed by atoms with van der Waals surface area (Å²) in [6, 6.07) is 16.8. The normalized spacial score (nSPS) is 11.0. The molecule has 6 aromatic rings. The highest BCUT2D eigenvalue weighted by Crippen LogP contribution is 2.40. The van der Waals surface area contributed by atoms with Gasteiger partial charge >= 0.3 is 0 Å². The van der Waals surface area contributed by atoms with E-state index in [1.54, 1.807) is 71.4 Å². The van der Waals surface area contributed by atoms with Crippen molar-refractivity contribution in [3.8, 4) is 34.0 Å². The molecule has 7 nitrogen and oxygen atoms in total. The van der Waals surface area contributed by atoms with E-state index < -0.39 is 0 Å². The number of nitrogens with one attached hydrogen (secondary N) is 2. The molecule has 2 amide bonds. The number of halogens is 4. The molecule has 0 spiro atoms. The maximum Gasteiger partial charge on any atom is 0.257 e. The molecule has 0 aliphatic heterocycles. The maximum absolute atomic E-state index is 12.7. The van der Waals surface area contributed by atoms with Gasteiger partial charge in [0.1, 0.15) is 20.2 Å². The third-order valence-corrected chi connectivity index (χ3v) is 10.3. The minimum absolute atomic E-state index is 0.313. The summed E-state index contributed by atoms with van der Waals surface area (Å²) < 4.78 is 8.10. The summed E-state index contributed by atoms with van der Waals surface area (Å²) in [6.07, 6.45) is 0. The smallest absolute Gasteiger partial charge is 0.257 e. The number of ether oxygens (including phenoxy) is 1. The van der Waals surface area contributed by atoms with Gasteiger partial charge in [0.2, 0.25) is 0 Å². The van der Waals surface area contributed by atoms with E-state index in [-0.39, 0.29) is 11.8 Å². The van der Waals surface area contributed by atoms with Crippen LogP contribution in [-0.2, 0) is 0 Å². The number of carbonyl (C=O) groups excluding carboxylic acids is 2. The Hall–Kier alpha value is -3.00. The van der Waals surface area contributed by atoms with Crippen molar-refractivity contribution in [3.05, 3.63) is 99.9 Å². The number of carbonyl (C=O) groups is 2. The van der Waals surface area contributed by atoms with Crippen molar-refractivity contribution < 1.29 is 14.3 Å². The standard InChI is InChI=1S/C28H14Cl4N4O3S4/c29-21-9-17(23(31)42-21)19-11-40-27(33-19)35-25(37)13-1-5-15(6-2-13)39-16-7-3-14(4-8-16)26(38)36-28-34-20(12-41-28)18-10-22(30)43-24(18)32/h1-12H,(H,33,35,37)(H,34,36,38). The van der Waals surface area contributed by atoms with Gasteiger partial charge in [-0.2, -0.15) is 0 Å². The molecule has 0 atom stereocenters. The van der Waals surface area contributed by atoms with E-state index in [0.717, 1.165) is 11.1 Å². The predicted molar refractivity (Wildman–Crippen MR) is 180 cm³/mol. The van der Waals surface area contributed by atoms with Crippen LogP contribution in [0.5, 0.6) is 11.5 Å². The minimum atomic E-state index is -0.313. The Bertz CT molecular complexity index is 1810. The molecule has 0 saturated carbocycles. The number of anilines is 2. The number of aromatic nitrogens is 2. The van der Waals surface area contributed by atoms with E-state index in [1.807, 2.05) is 0 Å². The second-order valence-electron chi connectivity index (χ2n) is 8.61. The Balaban J connectivity index is 1.04. The van der Waals surface area contributed by atoms with Crippen LogP contribution in [0.25, 0.3) is 22.5 Å². The lowest BCUT2D eigenvalue weighted by Gasteiger charge is -2.08. The molecular weight excluding hydrogens is 710 g/mol. The van der Waals surface area contributed by atoms with E-state index in [1.165, 1.54) is 45.3 Å². The minimum Gasteiger partial charge on any atom is -0.457 e. The van der Waals surface area contributed by atoms with Crippen molar-refractivity contribution in [2.45, 2.75) is 0 Å². The zero-order chi connectivity index (χ0) is 30.1. The highest BCUT2D eigenvalue weighted by Gasteiger charge is 2.16. The van der Waals surface area contributed by atoms with E-state index >= 15 is 0 Å². The maximum atomic E-state index is 12.7. The van der Waals surface area contributed by atoms with Crippen LogP contribution in [0.1, 0.15) is 20.7 Å². The summed E-state index contributed by atoms with van der Waals surface area (Å²) in [7, 11) is 0. The van der Waals surface area contributed by atoms with E-state index in [0.29, 0.717) is 61.6 Å². The van der Waals surface area contributed by atoms with Crippen LogP contribution in [0.4, 0.5) is 10.3 Å². The van der Waals surface area contributed by atoms with Crippen LogP contribution in [0.15, 0.2) is 71.4 Å². The van der Waals surface area contributed by atoms with Crippen molar-refractivity contribution in [1.29, 1.82) is 0 Å². The first kappa shape index (κ1) is 30.0. The molecule has 216 valence electrons. The van der Waals surface area contributed by atoms with Crippen molar-refractivity contribution in [2.24, 2.45) is 0 Å². The van der Waals surface area contributed by atoms with Crippen LogP contribution in [-0.4, -0.2) is 21.8 Å². The summed E-state index contributed by atoms with van der Waals surface area (Å²) in [5.74, 6) is 0.423. The van der Waals surface area contributed by atoms with Gasteiger partial charge in [0.25, 0.3) is 11.8 Å². The van der Waals surface area contributed by atoms with Gasteiger partial charge in [0.05, 0.1) is 20.1 Å². The number of nitrogens with zero attached hydrogens (tertiary/aromatic N) is 2. The zero-order valence-electron chi connectivity index (χ0n) is 21.2. The summed E-state index contributed by atoms with van der Waals surface area (Å²) in [5, 5.41) is 10.1. The molecule has 4 aromatic heterocycles. The number of thiophene rings is 2. The number of thiazole rings is 2. The molecule has 0 fully saturated rings. The SMILES string of the molecule is O=C(Nc1nc(-c2cc(Cl)sc2Cl)cs1)c1ccc(Oc2ccc(C(=O)Nc3nc(-c4cc(Cl)sc4Cl)cs3)cc2)cc1. The van der Waals surface area contributed by atoms with Crippen molar-refractivity contribution in [1.82, 2.24) is 9.97 Å². The monoisotopic (exact) mass is 722 g/mol. The van der Waals surface area contributed by atoms with Gasteiger partial charge in [-0.3, -0.25) is 20.2 Å². The molecule has 0 aliphatic rings. The van der Waals surface area contributed by atoms with E-state index in [4.69, 9.17) is 51.1 Å². The topological polar surface area (TPSA) is 93.2 Å². The number of amides is 2. The Labute approximate surface area is 280 Å². The van der Waals surface area contributed by atoms with Crippen LogP contribution in [0, 0.1) is 0 Å². The molecular formula is C28H14Cl4N4O3S4. The molecule has 0 saturated heterocycles. The third kappa shape index (κ3) is 7.05. The number of rotatable bonds is 8. The van der Waals surface area contributed by atoms with Crippen LogP contribution >= 0.6 is 91.8 Å². The second kappa shape index (κ2) is 12.9. The van der Waals surface area contributed by atoms with Gasteiger partial charge in [0, 0.05) is 33.0 Å². The molecule has 43 heavy (non-hydrogen) atoms. The summed E-state index contributed by atoms with van der Waals surface area (Å²) in [4.78, 5) is 34.4. The molecule has 6 rings (SSSR count). The van der Waals surface area contributed by atoms with Gasteiger partial charge in [-0.05, 0) is 60.7 Å². The molecule has 0 bridgehead atoms. The number of benzene rings is 2. The first-order chi connectivity index (χ1) is 20.7. The van der Waals surface area contributed by atoms with Crippen molar-refractivity contribution in [3.63, 3.8) is 0 Å². The Morgan fingerprint density at radius 1 is 0.628 bits per heavy atom. The average molecular weight is 725 g/mol. The van der Waals surface area contributed by atoms with Gasteiger partial charge in [-0.1, -0.05) is 46.4 Å². The highest BCUT2D eigenvalue weighted by atomic mass is 35.5. The Kier molecular flexibility index (Phi) is 9.03. The predicted octanol–water partition coefficient (Wildman–Crippen LogP) is 11.0. The lowest BCUT2D eigenvalue weighted by atomic mass is 10.2. The Morgan fingerprint density at radius 3 is 1.37 bits per heavy atom. The van der Waals surface area contributed by atoms with E-state index in [9.17, 15) is 9.59 Å². The van der Waals surface area contributed by atoms with Crippen LogP contribution in [0.3, 0.4) is 0 Å². The largest absolute Gasteiger partial charge is 0.457 e. The summed E-state index contributed by atoms with van der Waals surface area (Å²) in [6.45, 7) is 0. The lowest BCUT2D eigenvalue weighted by Crippen LogP contribution is -2.11. The first-order valence-corrected chi connectivity index (χ1v) is 16.9. The molecule has 2 N–H and O–H groups in total. The molecule has 4 heterocycles. The number of hydrogen-bond acceptors (Lipinski definition) is 9. The fourth-order valence-electron chi connectivity index (χ4n) is 3.76. The molecule has 0 radical (unpaired) electrons. The molecule has 15 heteroatoms. The van der Waals surface area contributed by atoms with E-state index in [2.05, 4.69) is 20.6 Å². The number of hydrogen-bond donors (Lipinski definition) is 2. The third-order valence-electron chi connectivity index (χ3n) is 5.78. The highest BCUT2D eigenvalue weighted by molar-refractivity contribution is 7.21.